The monoisotopic (exact) mass is 259 g/mol. The molecule has 19 heavy (non-hydrogen) atoms. The summed E-state index contributed by atoms with van der Waals surface area (Å²) in [5, 5.41) is 10.7. The fourth-order valence-electron chi connectivity index (χ4n) is 2.31. The summed E-state index contributed by atoms with van der Waals surface area (Å²) in [5.74, 6) is 1.62. The lowest BCUT2D eigenvalue weighted by molar-refractivity contribution is 0.353. The molecule has 1 unspecified atom stereocenters. The average Bonchev–Trinajstić information content (AvgIpc) is 3.11. The molecule has 1 atom stereocenters. The summed E-state index contributed by atoms with van der Waals surface area (Å²) in [6.45, 7) is 3.85. The van der Waals surface area contributed by atoms with E-state index in [4.69, 9.17) is 4.52 Å². The van der Waals surface area contributed by atoms with Gasteiger partial charge < -0.3 is 15.2 Å². The SMILES string of the molecule is CCNc1nccnc1-c1cc(C2CCCN2)on1. The Morgan fingerprint density at radius 3 is 3.11 bits per heavy atom. The second-order valence-corrected chi connectivity index (χ2v) is 4.55. The normalized spacial score (nSPS) is 18.7. The van der Waals surface area contributed by atoms with Crippen molar-refractivity contribution in [3.8, 4) is 11.4 Å². The van der Waals surface area contributed by atoms with Gasteiger partial charge in [0.1, 0.15) is 11.4 Å². The Hall–Kier alpha value is -1.95. The zero-order valence-electron chi connectivity index (χ0n) is 10.9. The molecule has 0 aromatic carbocycles. The molecule has 3 rings (SSSR count). The second-order valence-electron chi connectivity index (χ2n) is 4.55. The van der Waals surface area contributed by atoms with E-state index in [1.807, 2.05) is 13.0 Å². The van der Waals surface area contributed by atoms with Crippen molar-refractivity contribution in [3.05, 3.63) is 24.2 Å². The van der Waals surface area contributed by atoms with Gasteiger partial charge in [-0.3, -0.25) is 0 Å². The van der Waals surface area contributed by atoms with Crippen molar-refractivity contribution in [2.75, 3.05) is 18.4 Å². The van der Waals surface area contributed by atoms with E-state index in [0.29, 0.717) is 0 Å². The van der Waals surface area contributed by atoms with Crippen LogP contribution in [-0.2, 0) is 0 Å². The number of rotatable bonds is 4. The van der Waals surface area contributed by atoms with Gasteiger partial charge in [0.15, 0.2) is 11.6 Å². The van der Waals surface area contributed by atoms with Crippen LogP contribution in [0.1, 0.15) is 31.6 Å². The third-order valence-electron chi connectivity index (χ3n) is 3.22. The minimum atomic E-state index is 0.278. The highest BCUT2D eigenvalue weighted by Gasteiger charge is 2.22. The molecular formula is C13H17N5O. The molecule has 0 radical (unpaired) electrons. The Kier molecular flexibility index (Phi) is 3.41. The van der Waals surface area contributed by atoms with Gasteiger partial charge in [-0.05, 0) is 26.3 Å². The van der Waals surface area contributed by atoms with E-state index in [-0.39, 0.29) is 6.04 Å². The number of nitrogens with zero attached hydrogens (tertiary/aromatic N) is 3. The third-order valence-corrected chi connectivity index (χ3v) is 3.22. The van der Waals surface area contributed by atoms with Crippen LogP contribution in [0.5, 0.6) is 0 Å². The summed E-state index contributed by atoms with van der Waals surface area (Å²) in [5.41, 5.74) is 1.46. The van der Waals surface area contributed by atoms with E-state index in [1.165, 1.54) is 6.42 Å². The maximum absolute atomic E-state index is 5.43. The maximum atomic E-state index is 5.43. The van der Waals surface area contributed by atoms with Gasteiger partial charge in [0.25, 0.3) is 0 Å². The molecule has 2 aromatic rings. The van der Waals surface area contributed by atoms with Crippen LogP contribution in [0, 0.1) is 0 Å². The topological polar surface area (TPSA) is 75.9 Å². The van der Waals surface area contributed by atoms with Crippen molar-refractivity contribution in [3.63, 3.8) is 0 Å². The summed E-state index contributed by atoms with van der Waals surface area (Å²) >= 11 is 0. The standard InChI is InChI=1S/C13H17N5O/c1-2-14-13-12(16-6-7-17-13)10-8-11(19-18-10)9-4-3-5-15-9/h6-9,15H,2-5H2,1H3,(H,14,17). The molecule has 0 saturated carbocycles. The Bertz CT molecular complexity index is 547. The highest BCUT2D eigenvalue weighted by molar-refractivity contribution is 5.67. The van der Waals surface area contributed by atoms with Gasteiger partial charge in [0.2, 0.25) is 0 Å². The predicted octanol–water partition coefficient (Wildman–Crippen LogP) is 1.99. The molecule has 6 heteroatoms. The zero-order chi connectivity index (χ0) is 13.1. The minimum Gasteiger partial charge on any atom is -0.368 e. The second kappa shape index (κ2) is 5.36. The first kappa shape index (κ1) is 12.1. The first-order valence-corrected chi connectivity index (χ1v) is 6.63. The van der Waals surface area contributed by atoms with Gasteiger partial charge in [0, 0.05) is 25.0 Å². The molecule has 0 aliphatic carbocycles. The van der Waals surface area contributed by atoms with Crippen molar-refractivity contribution >= 4 is 5.82 Å². The van der Waals surface area contributed by atoms with Gasteiger partial charge >= 0.3 is 0 Å². The summed E-state index contributed by atoms with van der Waals surface area (Å²) in [6.07, 6.45) is 5.60. The Labute approximate surface area is 111 Å². The third kappa shape index (κ3) is 2.44. The van der Waals surface area contributed by atoms with E-state index in [9.17, 15) is 0 Å². The molecule has 3 heterocycles. The Morgan fingerprint density at radius 2 is 2.32 bits per heavy atom. The molecule has 1 saturated heterocycles. The molecule has 1 aliphatic rings. The van der Waals surface area contributed by atoms with Crippen molar-refractivity contribution in [1.29, 1.82) is 0 Å². The van der Waals surface area contributed by atoms with Crippen LogP contribution in [0.15, 0.2) is 23.0 Å². The highest BCUT2D eigenvalue weighted by Crippen LogP contribution is 2.28. The molecule has 0 amide bonds. The number of hydrogen-bond acceptors (Lipinski definition) is 6. The van der Waals surface area contributed by atoms with E-state index in [0.717, 1.165) is 42.5 Å². The van der Waals surface area contributed by atoms with Gasteiger partial charge in [-0.25, -0.2) is 9.97 Å². The van der Waals surface area contributed by atoms with Crippen molar-refractivity contribution in [2.45, 2.75) is 25.8 Å². The molecule has 2 N–H and O–H groups in total. The first-order valence-electron chi connectivity index (χ1n) is 6.63. The van der Waals surface area contributed by atoms with E-state index in [1.54, 1.807) is 12.4 Å². The van der Waals surface area contributed by atoms with Crippen LogP contribution in [-0.4, -0.2) is 28.2 Å². The van der Waals surface area contributed by atoms with Crippen LogP contribution in [0.25, 0.3) is 11.4 Å². The molecule has 0 spiro atoms. The van der Waals surface area contributed by atoms with Crippen LogP contribution >= 0.6 is 0 Å². The molecular weight excluding hydrogens is 242 g/mol. The predicted molar refractivity (Wildman–Crippen MR) is 71.7 cm³/mol. The quantitative estimate of drug-likeness (QED) is 0.874. The van der Waals surface area contributed by atoms with Gasteiger partial charge in [-0.2, -0.15) is 0 Å². The average molecular weight is 259 g/mol. The molecule has 6 nitrogen and oxygen atoms in total. The largest absolute Gasteiger partial charge is 0.368 e. The smallest absolute Gasteiger partial charge is 0.154 e. The summed E-state index contributed by atoms with van der Waals surface area (Å²) in [4.78, 5) is 8.62. The lowest BCUT2D eigenvalue weighted by Gasteiger charge is -2.05. The molecule has 2 aromatic heterocycles. The summed E-state index contributed by atoms with van der Waals surface area (Å²) in [6, 6.07) is 2.23. The summed E-state index contributed by atoms with van der Waals surface area (Å²) in [7, 11) is 0. The van der Waals surface area contributed by atoms with E-state index in [2.05, 4.69) is 25.8 Å². The molecule has 1 fully saturated rings. The lowest BCUT2D eigenvalue weighted by atomic mass is 10.1. The maximum Gasteiger partial charge on any atom is 0.154 e. The van der Waals surface area contributed by atoms with E-state index < -0.39 is 0 Å². The molecule has 0 bridgehead atoms. The summed E-state index contributed by atoms with van der Waals surface area (Å²) < 4.78 is 5.43. The van der Waals surface area contributed by atoms with Crippen LogP contribution in [0.4, 0.5) is 5.82 Å². The number of hydrogen-bond donors (Lipinski definition) is 2. The van der Waals surface area contributed by atoms with Crippen molar-refractivity contribution in [1.82, 2.24) is 20.4 Å². The first-order chi connectivity index (χ1) is 9.38. The van der Waals surface area contributed by atoms with Crippen LogP contribution < -0.4 is 10.6 Å². The Morgan fingerprint density at radius 1 is 1.42 bits per heavy atom. The minimum absolute atomic E-state index is 0.278. The van der Waals surface area contributed by atoms with Gasteiger partial charge in [-0.15, -0.1) is 0 Å². The van der Waals surface area contributed by atoms with Gasteiger partial charge in [0.05, 0.1) is 6.04 Å². The number of nitrogens with one attached hydrogen (secondary N) is 2. The molecule has 1 aliphatic heterocycles. The van der Waals surface area contributed by atoms with Gasteiger partial charge in [-0.1, -0.05) is 5.16 Å². The van der Waals surface area contributed by atoms with E-state index >= 15 is 0 Å². The van der Waals surface area contributed by atoms with Crippen LogP contribution in [0.2, 0.25) is 0 Å². The molecule has 100 valence electrons. The van der Waals surface area contributed by atoms with Crippen molar-refractivity contribution in [2.24, 2.45) is 0 Å². The van der Waals surface area contributed by atoms with Crippen LogP contribution in [0.3, 0.4) is 0 Å². The highest BCUT2D eigenvalue weighted by atomic mass is 16.5. The zero-order valence-corrected chi connectivity index (χ0v) is 10.9. The van der Waals surface area contributed by atoms with Crippen molar-refractivity contribution < 1.29 is 4.52 Å². The lowest BCUT2D eigenvalue weighted by Crippen LogP contribution is -2.11. The Balaban J connectivity index is 1.89. The fraction of sp³-hybridized carbons (Fsp3) is 0.462. The fourth-order valence-corrected chi connectivity index (χ4v) is 2.31. The number of aromatic nitrogens is 3. The number of anilines is 1.